The number of hydrogen-bond acceptors (Lipinski definition) is 4. The fourth-order valence-corrected chi connectivity index (χ4v) is 0.700. The van der Waals surface area contributed by atoms with Gasteiger partial charge in [-0.1, -0.05) is 0 Å². The zero-order chi connectivity index (χ0) is 8.27. The Bertz CT molecular complexity index is 318. The molecule has 1 aromatic heterocycles. The Kier molecular flexibility index (Phi) is 2.00. The summed E-state index contributed by atoms with van der Waals surface area (Å²) in [6.45, 7) is 0. The third kappa shape index (κ3) is 1.43. The maximum absolute atomic E-state index is 10.6. The lowest BCUT2D eigenvalue weighted by Gasteiger charge is -1.99. The molecule has 1 aromatic rings. The standard InChI is InChI=1S/C6H7N3O2/c1-7-5-4(3-10)2-8-6(11)9-5/h2-3H,1H3,(H2,7,8,9,11). The molecule has 0 aliphatic heterocycles. The summed E-state index contributed by atoms with van der Waals surface area (Å²) in [7, 11) is 1.61. The second kappa shape index (κ2) is 2.96. The van der Waals surface area contributed by atoms with E-state index in [2.05, 4.69) is 15.3 Å². The van der Waals surface area contributed by atoms with Gasteiger partial charge in [-0.2, -0.15) is 0 Å². The lowest BCUT2D eigenvalue weighted by Crippen LogP contribution is -2.13. The van der Waals surface area contributed by atoms with Crippen molar-refractivity contribution >= 4 is 12.1 Å². The molecular formula is C6H7N3O2. The lowest BCUT2D eigenvalue weighted by molar-refractivity contribution is 0.112. The maximum Gasteiger partial charge on any atom is 0.346 e. The van der Waals surface area contributed by atoms with Gasteiger partial charge in [0.1, 0.15) is 5.82 Å². The Labute approximate surface area is 62.5 Å². The number of carbonyl (C=O) groups is 1. The summed E-state index contributed by atoms with van der Waals surface area (Å²) in [4.78, 5) is 26.6. The van der Waals surface area contributed by atoms with Gasteiger partial charge in [0.2, 0.25) is 0 Å². The van der Waals surface area contributed by atoms with Crippen LogP contribution in [0.1, 0.15) is 10.4 Å². The molecule has 0 aromatic carbocycles. The molecule has 2 N–H and O–H groups in total. The molecule has 0 saturated heterocycles. The van der Waals surface area contributed by atoms with Crippen molar-refractivity contribution in [1.29, 1.82) is 0 Å². The summed E-state index contributed by atoms with van der Waals surface area (Å²) in [5.74, 6) is 0.389. The first-order valence-corrected chi connectivity index (χ1v) is 3.00. The van der Waals surface area contributed by atoms with Crippen LogP contribution in [-0.2, 0) is 0 Å². The second-order valence-electron chi connectivity index (χ2n) is 1.89. The molecule has 0 aliphatic rings. The average Bonchev–Trinajstić information content (AvgIpc) is 2.04. The van der Waals surface area contributed by atoms with E-state index in [1.807, 2.05) is 0 Å². The van der Waals surface area contributed by atoms with Crippen molar-refractivity contribution in [2.24, 2.45) is 0 Å². The molecular weight excluding hydrogens is 146 g/mol. The Balaban J connectivity index is 3.27. The van der Waals surface area contributed by atoms with E-state index in [-0.39, 0.29) is 0 Å². The highest BCUT2D eigenvalue weighted by Gasteiger charge is 1.99. The Morgan fingerprint density at radius 1 is 1.73 bits per heavy atom. The summed E-state index contributed by atoms with van der Waals surface area (Å²) in [5, 5.41) is 2.66. The van der Waals surface area contributed by atoms with Gasteiger partial charge in [-0.3, -0.25) is 9.78 Å². The van der Waals surface area contributed by atoms with E-state index in [9.17, 15) is 9.59 Å². The van der Waals surface area contributed by atoms with Crippen molar-refractivity contribution in [3.05, 3.63) is 22.2 Å². The largest absolute Gasteiger partial charge is 0.374 e. The van der Waals surface area contributed by atoms with E-state index in [0.717, 1.165) is 0 Å². The van der Waals surface area contributed by atoms with Gasteiger partial charge >= 0.3 is 5.69 Å². The number of nitrogens with zero attached hydrogens (tertiary/aromatic N) is 1. The van der Waals surface area contributed by atoms with Crippen LogP contribution < -0.4 is 11.0 Å². The number of anilines is 1. The third-order valence-electron chi connectivity index (χ3n) is 1.22. The Morgan fingerprint density at radius 2 is 2.45 bits per heavy atom. The highest BCUT2D eigenvalue weighted by molar-refractivity contribution is 5.81. The van der Waals surface area contributed by atoms with Crippen LogP contribution in [0.3, 0.4) is 0 Å². The number of rotatable bonds is 2. The highest BCUT2D eigenvalue weighted by Crippen LogP contribution is 2.02. The fourth-order valence-electron chi connectivity index (χ4n) is 0.700. The molecule has 5 heteroatoms. The van der Waals surface area contributed by atoms with Crippen molar-refractivity contribution in [2.45, 2.75) is 0 Å². The molecule has 0 atom stereocenters. The number of hydrogen-bond donors (Lipinski definition) is 2. The SMILES string of the molecule is CNc1[nH]c(=O)ncc1C=O. The quantitative estimate of drug-likeness (QED) is 0.568. The van der Waals surface area contributed by atoms with Crippen molar-refractivity contribution in [3.63, 3.8) is 0 Å². The predicted octanol–water partition coefficient (Wildman–Crippen LogP) is -0.376. The van der Waals surface area contributed by atoms with Gasteiger partial charge < -0.3 is 5.32 Å². The van der Waals surface area contributed by atoms with Gasteiger partial charge in [-0.05, 0) is 0 Å². The van der Waals surface area contributed by atoms with E-state index in [0.29, 0.717) is 17.7 Å². The van der Waals surface area contributed by atoms with E-state index in [1.165, 1.54) is 6.20 Å². The molecule has 1 rings (SSSR count). The van der Waals surface area contributed by atoms with Crippen molar-refractivity contribution < 1.29 is 4.79 Å². The number of aromatic amines is 1. The summed E-state index contributed by atoms with van der Waals surface area (Å²) >= 11 is 0. The molecule has 0 spiro atoms. The zero-order valence-electron chi connectivity index (χ0n) is 5.92. The number of H-pyrrole nitrogens is 1. The van der Waals surface area contributed by atoms with Crippen LogP contribution in [0.2, 0.25) is 0 Å². The molecule has 0 saturated carbocycles. The van der Waals surface area contributed by atoms with E-state index in [4.69, 9.17) is 0 Å². The monoisotopic (exact) mass is 153 g/mol. The minimum absolute atomic E-state index is 0.340. The maximum atomic E-state index is 10.6. The molecule has 0 amide bonds. The Hall–Kier alpha value is -1.65. The van der Waals surface area contributed by atoms with Gasteiger partial charge in [0.25, 0.3) is 0 Å². The summed E-state index contributed by atoms with van der Waals surface area (Å²) in [5.41, 5.74) is -0.132. The van der Waals surface area contributed by atoms with Crippen LogP contribution in [0.15, 0.2) is 11.0 Å². The van der Waals surface area contributed by atoms with Gasteiger partial charge in [0, 0.05) is 13.2 Å². The van der Waals surface area contributed by atoms with Crippen LogP contribution in [0.5, 0.6) is 0 Å². The van der Waals surface area contributed by atoms with Gasteiger partial charge in [-0.15, -0.1) is 0 Å². The molecule has 1 heterocycles. The molecule has 58 valence electrons. The smallest absolute Gasteiger partial charge is 0.346 e. The minimum Gasteiger partial charge on any atom is -0.374 e. The van der Waals surface area contributed by atoms with Crippen molar-refractivity contribution in [3.8, 4) is 0 Å². The highest BCUT2D eigenvalue weighted by atomic mass is 16.1. The zero-order valence-corrected chi connectivity index (χ0v) is 5.92. The fraction of sp³-hybridized carbons (Fsp3) is 0.167. The lowest BCUT2D eigenvalue weighted by atomic mass is 10.3. The van der Waals surface area contributed by atoms with Gasteiger partial charge in [0.15, 0.2) is 6.29 Å². The molecule has 0 radical (unpaired) electrons. The number of aldehydes is 1. The van der Waals surface area contributed by atoms with Crippen molar-refractivity contribution in [1.82, 2.24) is 9.97 Å². The molecule has 0 aliphatic carbocycles. The van der Waals surface area contributed by atoms with E-state index >= 15 is 0 Å². The normalized spacial score (nSPS) is 9.18. The van der Waals surface area contributed by atoms with Crippen LogP contribution in [0.25, 0.3) is 0 Å². The number of nitrogens with one attached hydrogen (secondary N) is 2. The molecule has 11 heavy (non-hydrogen) atoms. The second-order valence-corrected chi connectivity index (χ2v) is 1.89. The number of carbonyl (C=O) groups excluding carboxylic acids is 1. The van der Waals surface area contributed by atoms with E-state index in [1.54, 1.807) is 7.05 Å². The van der Waals surface area contributed by atoms with Crippen molar-refractivity contribution in [2.75, 3.05) is 12.4 Å². The predicted molar refractivity (Wildman–Crippen MR) is 39.8 cm³/mol. The molecule has 0 bridgehead atoms. The van der Waals surface area contributed by atoms with Crippen LogP contribution in [-0.4, -0.2) is 23.3 Å². The van der Waals surface area contributed by atoms with Gasteiger partial charge in [-0.25, -0.2) is 9.78 Å². The molecule has 0 unspecified atom stereocenters. The van der Waals surface area contributed by atoms with Crippen LogP contribution in [0.4, 0.5) is 5.82 Å². The molecule has 5 nitrogen and oxygen atoms in total. The summed E-state index contributed by atoms with van der Waals surface area (Å²) in [6.07, 6.45) is 1.84. The first-order chi connectivity index (χ1) is 5.27. The van der Waals surface area contributed by atoms with Crippen LogP contribution >= 0.6 is 0 Å². The Morgan fingerprint density at radius 3 is 3.00 bits per heavy atom. The van der Waals surface area contributed by atoms with Crippen LogP contribution in [0, 0.1) is 0 Å². The first kappa shape index (κ1) is 7.46. The topological polar surface area (TPSA) is 74.8 Å². The number of aromatic nitrogens is 2. The summed E-state index contributed by atoms with van der Waals surface area (Å²) in [6, 6.07) is 0. The first-order valence-electron chi connectivity index (χ1n) is 3.00. The third-order valence-corrected chi connectivity index (χ3v) is 1.22. The van der Waals surface area contributed by atoms with Gasteiger partial charge in [0.05, 0.1) is 5.56 Å². The molecule has 0 fully saturated rings. The average molecular weight is 153 g/mol. The van der Waals surface area contributed by atoms with E-state index < -0.39 is 5.69 Å². The minimum atomic E-state index is -0.472. The summed E-state index contributed by atoms with van der Waals surface area (Å²) < 4.78 is 0.